The molecule has 3 heterocycles. The Bertz CT molecular complexity index is 1220. The van der Waals surface area contributed by atoms with Crippen LogP contribution in [0.5, 0.6) is 0 Å². The molecular formula is C24H29N5O4S. The number of hydrogen-bond donors (Lipinski definition) is 1. The molecule has 1 unspecified atom stereocenters. The van der Waals surface area contributed by atoms with Crippen molar-refractivity contribution < 1.29 is 17.7 Å². The zero-order valence-corrected chi connectivity index (χ0v) is 20.3. The monoisotopic (exact) mass is 483 g/mol. The molecule has 1 saturated heterocycles. The second-order valence-corrected chi connectivity index (χ2v) is 10.9. The Labute approximate surface area is 199 Å². The average molecular weight is 484 g/mol. The summed E-state index contributed by atoms with van der Waals surface area (Å²) < 4.78 is 32.8. The molecule has 1 N–H and O–H groups in total. The van der Waals surface area contributed by atoms with E-state index in [0.29, 0.717) is 41.8 Å². The Morgan fingerprint density at radius 1 is 1.15 bits per heavy atom. The van der Waals surface area contributed by atoms with Crippen molar-refractivity contribution in [3.8, 4) is 11.4 Å². The van der Waals surface area contributed by atoms with Gasteiger partial charge in [-0.2, -0.15) is 9.29 Å². The molecule has 34 heavy (non-hydrogen) atoms. The van der Waals surface area contributed by atoms with Gasteiger partial charge in [-0.3, -0.25) is 9.78 Å². The molecule has 180 valence electrons. The van der Waals surface area contributed by atoms with E-state index < -0.39 is 16.1 Å². The highest BCUT2D eigenvalue weighted by Gasteiger charge is 2.29. The van der Waals surface area contributed by atoms with Crippen LogP contribution < -0.4 is 5.32 Å². The van der Waals surface area contributed by atoms with E-state index in [1.807, 2.05) is 19.9 Å². The van der Waals surface area contributed by atoms with Crippen LogP contribution in [-0.2, 0) is 10.0 Å². The summed E-state index contributed by atoms with van der Waals surface area (Å²) in [4.78, 5) is 21.6. The third kappa shape index (κ3) is 5.18. The van der Waals surface area contributed by atoms with Crippen LogP contribution in [0.1, 0.15) is 55.9 Å². The maximum atomic E-state index is 12.9. The molecule has 0 radical (unpaired) electrons. The number of amides is 1. The smallest absolute Gasteiger partial charge is 0.251 e. The summed E-state index contributed by atoms with van der Waals surface area (Å²) in [6.07, 6.45) is 5.01. The number of piperidine rings is 1. The first-order valence-corrected chi connectivity index (χ1v) is 12.8. The van der Waals surface area contributed by atoms with Gasteiger partial charge in [0.05, 0.1) is 4.90 Å². The second-order valence-electron chi connectivity index (χ2n) is 9.00. The largest absolute Gasteiger partial charge is 0.340 e. The number of carbonyl (C=O) groups is 1. The summed E-state index contributed by atoms with van der Waals surface area (Å²) in [5.41, 5.74) is 1.06. The molecule has 3 aromatic rings. The zero-order chi connectivity index (χ0) is 24.3. The maximum Gasteiger partial charge on any atom is 0.251 e. The number of nitrogens with zero attached hydrogens (tertiary/aromatic N) is 4. The van der Waals surface area contributed by atoms with Gasteiger partial charge in [0, 0.05) is 36.6 Å². The zero-order valence-electron chi connectivity index (χ0n) is 19.5. The molecule has 9 nitrogen and oxygen atoms in total. The molecule has 1 amide bonds. The number of benzene rings is 1. The quantitative estimate of drug-likeness (QED) is 0.544. The number of carbonyl (C=O) groups excluding carboxylic acids is 1. The number of pyridine rings is 1. The number of sulfonamides is 1. The van der Waals surface area contributed by atoms with Crippen molar-refractivity contribution in [3.63, 3.8) is 0 Å². The van der Waals surface area contributed by atoms with E-state index in [0.717, 1.165) is 12.8 Å². The summed E-state index contributed by atoms with van der Waals surface area (Å²) in [5, 5.41) is 6.94. The Morgan fingerprint density at radius 3 is 2.47 bits per heavy atom. The van der Waals surface area contributed by atoms with Crippen LogP contribution in [0, 0.1) is 11.8 Å². The third-order valence-electron chi connectivity index (χ3n) is 6.08. The minimum absolute atomic E-state index is 0.0210. The summed E-state index contributed by atoms with van der Waals surface area (Å²) in [5.74, 6) is 0.846. The minimum atomic E-state index is -3.57. The number of aromatic nitrogens is 3. The Kier molecular flexibility index (Phi) is 7.08. The van der Waals surface area contributed by atoms with Crippen LogP contribution in [0.3, 0.4) is 0 Å². The fourth-order valence-corrected chi connectivity index (χ4v) is 5.33. The highest BCUT2D eigenvalue weighted by atomic mass is 32.2. The second kappa shape index (κ2) is 10.0. The molecular weight excluding hydrogens is 454 g/mol. The standard InChI is InChI=1S/C24H29N5O4S/c1-16(2)21(24-27-22(28-33-24)19-5-4-12-25-15-19)26-23(30)18-6-8-20(9-7-18)34(31,32)29-13-10-17(3)11-14-29/h4-9,12,15-17,21H,10-11,13-14H2,1-3H3,(H,26,30). The van der Waals surface area contributed by atoms with Gasteiger partial charge in [-0.25, -0.2) is 8.42 Å². The van der Waals surface area contributed by atoms with Crippen LogP contribution >= 0.6 is 0 Å². The van der Waals surface area contributed by atoms with Crippen molar-refractivity contribution in [2.75, 3.05) is 13.1 Å². The van der Waals surface area contributed by atoms with Gasteiger partial charge < -0.3 is 9.84 Å². The molecule has 1 atom stereocenters. The van der Waals surface area contributed by atoms with Crippen molar-refractivity contribution in [1.82, 2.24) is 24.7 Å². The number of hydrogen-bond acceptors (Lipinski definition) is 7. The fraction of sp³-hybridized carbons (Fsp3) is 0.417. The molecule has 1 aromatic carbocycles. The molecule has 2 aromatic heterocycles. The van der Waals surface area contributed by atoms with Crippen LogP contribution in [0.4, 0.5) is 0 Å². The predicted molar refractivity (Wildman–Crippen MR) is 126 cm³/mol. The van der Waals surface area contributed by atoms with Gasteiger partial charge >= 0.3 is 0 Å². The van der Waals surface area contributed by atoms with Gasteiger partial charge in [-0.05, 0) is 61.1 Å². The fourth-order valence-electron chi connectivity index (χ4n) is 3.86. The molecule has 1 fully saturated rings. The van der Waals surface area contributed by atoms with Gasteiger partial charge in [0.15, 0.2) is 0 Å². The van der Waals surface area contributed by atoms with Gasteiger partial charge in [0.25, 0.3) is 5.91 Å². The van der Waals surface area contributed by atoms with Gasteiger partial charge in [0.2, 0.25) is 21.7 Å². The highest BCUT2D eigenvalue weighted by Crippen LogP contribution is 2.25. The number of rotatable bonds is 7. The van der Waals surface area contributed by atoms with Gasteiger partial charge in [-0.15, -0.1) is 0 Å². The first kappa shape index (κ1) is 24.0. The third-order valence-corrected chi connectivity index (χ3v) is 7.99. The van der Waals surface area contributed by atoms with E-state index >= 15 is 0 Å². The molecule has 0 saturated carbocycles. The summed E-state index contributed by atoms with van der Waals surface area (Å²) in [6, 6.07) is 9.12. The molecule has 4 rings (SSSR count). The van der Waals surface area contributed by atoms with E-state index in [2.05, 4.69) is 27.4 Å². The minimum Gasteiger partial charge on any atom is -0.340 e. The van der Waals surface area contributed by atoms with Crippen molar-refractivity contribution in [3.05, 3.63) is 60.2 Å². The van der Waals surface area contributed by atoms with Crippen LogP contribution in [0.25, 0.3) is 11.4 Å². The average Bonchev–Trinajstić information content (AvgIpc) is 3.33. The summed E-state index contributed by atoms with van der Waals surface area (Å²) >= 11 is 0. The lowest BCUT2D eigenvalue weighted by molar-refractivity contribution is 0.0914. The first-order chi connectivity index (χ1) is 16.3. The lowest BCUT2D eigenvalue weighted by Crippen LogP contribution is -2.37. The highest BCUT2D eigenvalue weighted by molar-refractivity contribution is 7.89. The first-order valence-electron chi connectivity index (χ1n) is 11.4. The van der Waals surface area contributed by atoms with Crippen molar-refractivity contribution in [1.29, 1.82) is 0 Å². The van der Waals surface area contributed by atoms with Crippen molar-refractivity contribution in [2.24, 2.45) is 11.8 Å². The Morgan fingerprint density at radius 2 is 1.85 bits per heavy atom. The Hall–Kier alpha value is -3.11. The van der Waals surface area contributed by atoms with Gasteiger partial charge in [0.1, 0.15) is 6.04 Å². The van der Waals surface area contributed by atoms with Crippen molar-refractivity contribution in [2.45, 2.75) is 44.6 Å². The van der Waals surface area contributed by atoms with Crippen LogP contribution in [0.2, 0.25) is 0 Å². The summed E-state index contributed by atoms with van der Waals surface area (Å²) in [7, 11) is -3.57. The molecule has 0 spiro atoms. The molecule has 1 aliphatic rings. The normalized spacial score (nSPS) is 16.5. The lowest BCUT2D eigenvalue weighted by atomic mass is 10.0. The van der Waals surface area contributed by atoms with E-state index in [1.165, 1.54) is 28.6 Å². The number of nitrogens with one attached hydrogen (secondary N) is 1. The topological polar surface area (TPSA) is 118 Å². The molecule has 0 bridgehead atoms. The Balaban J connectivity index is 1.47. The maximum absolute atomic E-state index is 12.9. The molecule has 0 aliphatic carbocycles. The van der Waals surface area contributed by atoms with E-state index in [-0.39, 0.29) is 16.7 Å². The SMILES string of the molecule is CC1CCN(S(=O)(=O)c2ccc(C(=O)NC(c3nc(-c4cccnc4)no3)C(C)C)cc2)CC1. The van der Waals surface area contributed by atoms with Crippen LogP contribution in [-0.4, -0.2) is 46.8 Å². The molecule has 1 aliphatic heterocycles. The van der Waals surface area contributed by atoms with E-state index in [1.54, 1.807) is 18.5 Å². The van der Waals surface area contributed by atoms with Gasteiger partial charge in [-0.1, -0.05) is 25.9 Å². The molecule has 10 heteroatoms. The van der Waals surface area contributed by atoms with Crippen molar-refractivity contribution >= 4 is 15.9 Å². The van der Waals surface area contributed by atoms with E-state index in [9.17, 15) is 13.2 Å². The van der Waals surface area contributed by atoms with E-state index in [4.69, 9.17) is 4.52 Å². The predicted octanol–water partition coefficient (Wildman–Crippen LogP) is 3.68. The summed E-state index contributed by atoms with van der Waals surface area (Å²) in [6.45, 7) is 7.05. The van der Waals surface area contributed by atoms with Crippen LogP contribution in [0.15, 0.2) is 58.2 Å². The lowest BCUT2D eigenvalue weighted by Gasteiger charge is -2.29.